The van der Waals surface area contributed by atoms with Crippen molar-refractivity contribution in [2.45, 2.75) is 39.5 Å². The van der Waals surface area contributed by atoms with Gasteiger partial charge in [-0.1, -0.05) is 20.8 Å². The molecule has 4 nitrogen and oxygen atoms in total. The van der Waals surface area contributed by atoms with Crippen LogP contribution < -0.4 is 0 Å². The van der Waals surface area contributed by atoms with Gasteiger partial charge in [0.15, 0.2) is 0 Å². The Morgan fingerprint density at radius 3 is 2.31 bits per heavy atom. The number of nitrogens with zero attached hydrogens (tertiary/aromatic N) is 2. The SMILES string of the molecule is CCOC(=O)Cc1cnc(C(C)(C)C)nc1. The minimum atomic E-state index is -0.241. The lowest BCUT2D eigenvalue weighted by Gasteiger charge is -2.15. The minimum absolute atomic E-state index is 0.0670. The first-order valence-corrected chi connectivity index (χ1v) is 5.40. The molecule has 1 aromatic rings. The summed E-state index contributed by atoms with van der Waals surface area (Å²) in [4.78, 5) is 19.7. The summed E-state index contributed by atoms with van der Waals surface area (Å²) in [6, 6.07) is 0. The van der Waals surface area contributed by atoms with Crippen LogP contribution in [0, 0.1) is 0 Å². The van der Waals surface area contributed by atoms with Crippen molar-refractivity contribution in [3.05, 3.63) is 23.8 Å². The van der Waals surface area contributed by atoms with E-state index in [2.05, 4.69) is 9.97 Å². The normalized spacial score (nSPS) is 11.2. The highest BCUT2D eigenvalue weighted by molar-refractivity contribution is 5.72. The van der Waals surface area contributed by atoms with Gasteiger partial charge in [0.1, 0.15) is 5.82 Å². The second-order valence-electron chi connectivity index (χ2n) is 4.65. The van der Waals surface area contributed by atoms with Gasteiger partial charge in [0.2, 0.25) is 0 Å². The van der Waals surface area contributed by atoms with E-state index in [4.69, 9.17) is 4.74 Å². The second kappa shape index (κ2) is 5.05. The number of carbonyl (C=O) groups excluding carboxylic acids is 1. The maximum atomic E-state index is 11.2. The zero-order valence-electron chi connectivity index (χ0n) is 10.3. The molecule has 0 saturated heterocycles. The number of carbonyl (C=O) groups is 1. The monoisotopic (exact) mass is 222 g/mol. The van der Waals surface area contributed by atoms with Gasteiger partial charge in [-0.25, -0.2) is 9.97 Å². The summed E-state index contributed by atoms with van der Waals surface area (Å²) in [6.45, 7) is 8.34. The zero-order chi connectivity index (χ0) is 12.2. The third kappa shape index (κ3) is 3.61. The topological polar surface area (TPSA) is 52.1 Å². The smallest absolute Gasteiger partial charge is 0.310 e. The molecule has 16 heavy (non-hydrogen) atoms. The molecule has 0 radical (unpaired) electrons. The summed E-state index contributed by atoms with van der Waals surface area (Å²) >= 11 is 0. The molecule has 0 N–H and O–H groups in total. The average Bonchev–Trinajstić information content (AvgIpc) is 2.17. The first-order chi connectivity index (χ1) is 7.43. The molecule has 0 amide bonds. The molecule has 0 fully saturated rings. The maximum absolute atomic E-state index is 11.2. The van der Waals surface area contributed by atoms with Crippen molar-refractivity contribution < 1.29 is 9.53 Å². The van der Waals surface area contributed by atoms with Crippen molar-refractivity contribution in [2.75, 3.05) is 6.61 Å². The van der Waals surface area contributed by atoms with Crippen LogP contribution >= 0.6 is 0 Å². The van der Waals surface area contributed by atoms with Crippen LogP contribution in [0.25, 0.3) is 0 Å². The highest BCUT2D eigenvalue weighted by Gasteiger charge is 2.16. The Morgan fingerprint density at radius 1 is 1.31 bits per heavy atom. The summed E-state index contributed by atoms with van der Waals surface area (Å²) in [6.07, 6.45) is 3.60. The van der Waals surface area contributed by atoms with Crippen LogP contribution in [0.15, 0.2) is 12.4 Å². The van der Waals surface area contributed by atoms with Gasteiger partial charge >= 0.3 is 5.97 Å². The molecule has 0 aliphatic heterocycles. The van der Waals surface area contributed by atoms with E-state index in [0.29, 0.717) is 6.61 Å². The number of esters is 1. The summed E-state index contributed by atoms with van der Waals surface area (Å²) in [5, 5.41) is 0. The molecule has 1 heterocycles. The molecule has 0 bridgehead atoms. The molecule has 1 aromatic heterocycles. The van der Waals surface area contributed by atoms with E-state index >= 15 is 0 Å². The van der Waals surface area contributed by atoms with Crippen LogP contribution in [0.3, 0.4) is 0 Å². The fourth-order valence-corrected chi connectivity index (χ4v) is 1.21. The van der Waals surface area contributed by atoms with Gasteiger partial charge in [-0.15, -0.1) is 0 Å². The van der Waals surface area contributed by atoms with Gasteiger partial charge < -0.3 is 4.74 Å². The highest BCUT2D eigenvalue weighted by atomic mass is 16.5. The molecular weight excluding hydrogens is 204 g/mol. The van der Waals surface area contributed by atoms with E-state index in [-0.39, 0.29) is 17.8 Å². The van der Waals surface area contributed by atoms with Crippen LogP contribution in [0.4, 0.5) is 0 Å². The largest absolute Gasteiger partial charge is 0.466 e. The zero-order valence-corrected chi connectivity index (χ0v) is 10.3. The average molecular weight is 222 g/mol. The van der Waals surface area contributed by atoms with Crippen molar-refractivity contribution in [3.63, 3.8) is 0 Å². The van der Waals surface area contributed by atoms with Gasteiger partial charge in [-0.3, -0.25) is 4.79 Å². The van der Waals surface area contributed by atoms with E-state index < -0.39 is 0 Å². The van der Waals surface area contributed by atoms with E-state index in [1.54, 1.807) is 19.3 Å². The molecule has 0 saturated carbocycles. The third-order valence-corrected chi connectivity index (χ3v) is 2.03. The molecule has 1 rings (SSSR count). The van der Waals surface area contributed by atoms with E-state index in [1.165, 1.54) is 0 Å². The third-order valence-electron chi connectivity index (χ3n) is 2.03. The summed E-state index contributed by atoms with van der Waals surface area (Å²) in [7, 11) is 0. The second-order valence-corrected chi connectivity index (χ2v) is 4.65. The summed E-state index contributed by atoms with van der Waals surface area (Å²) in [5.74, 6) is 0.537. The Kier molecular flexibility index (Phi) is 3.99. The fraction of sp³-hybridized carbons (Fsp3) is 0.583. The number of hydrogen-bond donors (Lipinski definition) is 0. The highest BCUT2D eigenvalue weighted by Crippen LogP contribution is 2.17. The van der Waals surface area contributed by atoms with Gasteiger partial charge in [0, 0.05) is 17.8 Å². The molecule has 88 valence electrons. The van der Waals surface area contributed by atoms with Crippen LogP contribution in [-0.2, 0) is 21.4 Å². The Morgan fingerprint density at radius 2 is 1.88 bits per heavy atom. The Hall–Kier alpha value is -1.45. The predicted octanol–water partition coefficient (Wildman–Crippen LogP) is 1.88. The van der Waals surface area contributed by atoms with E-state index in [9.17, 15) is 4.79 Å². The van der Waals surface area contributed by atoms with Gasteiger partial charge in [0.25, 0.3) is 0 Å². The molecule has 0 spiro atoms. The van der Waals surface area contributed by atoms with E-state index in [1.807, 2.05) is 20.8 Å². The number of rotatable bonds is 3. The molecule has 0 aromatic carbocycles. The van der Waals surface area contributed by atoms with Gasteiger partial charge in [-0.05, 0) is 12.5 Å². The fourth-order valence-electron chi connectivity index (χ4n) is 1.21. The standard InChI is InChI=1S/C12H18N2O2/c1-5-16-10(15)6-9-7-13-11(14-8-9)12(2,3)4/h7-8H,5-6H2,1-4H3. The number of ether oxygens (including phenoxy) is 1. The lowest BCUT2D eigenvalue weighted by Crippen LogP contribution is -2.16. The van der Waals surface area contributed by atoms with Crippen LogP contribution in [0.1, 0.15) is 39.1 Å². The van der Waals surface area contributed by atoms with Crippen LogP contribution in [0.5, 0.6) is 0 Å². The predicted molar refractivity (Wildman–Crippen MR) is 61.1 cm³/mol. The Balaban J connectivity index is 2.69. The first kappa shape index (κ1) is 12.6. The lowest BCUT2D eigenvalue weighted by molar-refractivity contribution is -0.142. The van der Waals surface area contributed by atoms with Crippen molar-refractivity contribution in [3.8, 4) is 0 Å². The number of aromatic nitrogens is 2. The summed E-state index contributed by atoms with van der Waals surface area (Å²) in [5.41, 5.74) is 0.717. The Bertz CT molecular complexity index is 352. The molecule has 4 heteroatoms. The van der Waals surface area contributed by atoms with Gasteiger partial charge in [0.05, 0.1) is 13.0 Å². The molecule has 0 aliphatic carbocycles. The molecule has 0 unspecified atom stereocenters. The van der Waals surface area contributed by atoms with Crippen LogP contribution in [0.2, 0.25) is 0 Å². The maximum Gasteiger partial charge on any atom is 0.310 e. The minimum Gasteiger partial charge on any atom is -0.466 e. The molecule has 0 aliphatic rings. The molecule has 0 atom stereocenters. The van der Waals surface area contributed by atoms with E-state index in [0.717, 1.165) is 11.4 Å². The van der Waals surface area contributed by atoms with Crippen molar-refractivity contribution in [1.29, 1.82) is 0 Å². The number of hydrogen-bond acceptors (Lipinski definition) is 4. The van der Waals surface area contributed by atoms with Gasteiger partial charge in [-0.2, -0.15) is 0 Å². The Labute approximate surface area is 96.1 Å². The quantitative estimate of drug-likeness (QED) is 0.733. The van der Waals surface area contributed by atoms with Crippen molar-refractivity contribution in [1.82, 2.24) is 9.97 Å². The first-order valence-electron chi connectivity index (χ1n) is 5.40. The summed E-state index contributed by atoms with van der Waals surface area (Å²) < 4.78 is 4.85. The lowest BCUT2D eigenvalue weighted by atomic mass is 9.96. The van der Waals surface area contributed by atoms with Crippen molar-refractivity contribution >= 4 is 5.97 Å². The van der Waals surface area contributed by atoms with Crippen LogP contribution in [-0.4, -0.2) is 22.5 Å². The molecular formula is C12H18N2O2. The van der Waals surface area contributed by atoms with Crippen molar-refractivity contribution in [2.24, 2.45) is 0 Å².